The lowest BCUT2D eigenvalue weighted by Crippen LogP contribution is -2.11. The minimum atomic E-state index is -0.647. The Morgan fingerprint density at radius 2 is 1.64 bits per heavy atom. The average molecular weight is 342 g/mol. The lowest BCUT2D eigenvalue weighted by Gasteiger charge is -2.12. The average Bonchev–Trinajstić information content (AvgIpc) is 3.01. The smallest absolute Gasteiger partial charge is 0.380 e. The molecular formula is C19H18O6. The second-order valence-electron chi connectivity index (χ2n) is 5.22. The third kappa shape index (κ3) is 3.16. The maximum atomic E-state index is 12.7. The van der Waals surface area contributed by atoms with E-state index in [2.05, 4.69) is 0 Å². The predicted molar refractivity (Wildman–Crippen MR) is 91.4 cm³/mol. The molecule has 0 bridgehead atoms. The van der Waals surface area contributed by atoms with Crippen LogP contribution in [0.3, 0.4) is 0 Å². The molecule has 0 aliphatic heterocycles. The molecule has 0 fully saturated rings. The highest BCUT2D eigenvalue weighted by molar-refractivity contribution is 5.97. The van der Waals surface area contributed by atoms with Crippen molar-refractivity contribution in [1.29, 1.82) is 0 Å². The zero-order valence-electron chi connectivity index (χ0n) is 14.2. The van der Waals surface area contributed by atoms with Crippen LogP contribution in [-0.2, 0) is 11.3 Å². The van der Waals surface area contributed by atoms with Crippen LogP contribution >= 0.6 is 0 Å². The van der Waals surface area contributed by atoms with Crippen molar-refractivity contribution in [2.75, 3.05) is 21.3 Å². The standard InChI is InChI=1S/C19H18O6/c1-21-11-13-12-7-4-5-8-14(12)24-17(13)19(20)25-18-15(22-2)9-6-10-16(18)23-3/h4-10H,11H2,1-3H3. The monoisotopic (exact) mass is 342 g/mol. The van der Waals surface area contributed by atoms with E-state index in [-0.39, 0.29) is 18.1 Å². The molecule has 6 heteroatoms. The van der Waals surface area contributed by atoms with E-state index in [0.717, 1.165) is 5.39 Å². The molecule has 6 nitrogen and oxygen atoms in total. The number of para-hydroxylation sites is 2. The Morgan fingerprint density at radius 1 is 0.960 bits per heavy atom. The highest BCUT2D eigenvalue weighted by atomic mass is 16.6. The van der Waals surface area contributed by atoms with Crippen LogP contribution in [0.1, 0.15) is 16.1 Å². The Bertz CT molecular complexity index is 874. The first-order chi connectivity index (χ1) is 12.2. The van der Waals surface area contributed by atoms with Gasteiger partial charge in [-0.2, -0.15) is 0 Å². The summed E-state index contributed by atoms with van der Waals surface area (Å²) in [6, 6.07) is 12.5. The lowest BCUT2D eigenvalue weighted by molar-refractivity contribution is 0.0687. The molecule has 0 spiro atoms. The van der Waals surface area contributed by atoms with E-state index in [4.69, 9.17) is 23.4 Å². The van der Waals surface area contributed by atoms with E-state index < -0.39 is 5.97 Å². The van der Waals surface area contributed by atoms with E-state index in [9.17, 15) is 4.79 Å². The number of hydrogen-bond acceptors (Lipinski definition) is 6. The number of benzene rings is 2. The minimum absolute atomic E-state index is 0.0935. The van der Waals surface area contributed by atoms with Gasteiger partial charge >= 0.3 is 5.97 Å². The summed E-state index contributed by atoms with van der Waals surface area (Å²) in [4.78, 5) is 12.7. The van der Waals surface area contributed by atoms with Gasteiger partial charge in [-0.25, -0.2) is 4.79 Å². The van der Waals surface area contributed by atoms with E-state index >= 15 is 0 Å². The molecule has 3 rings (SSSR count). The predicted octanol–water partition coefficient (Wildman–Crippen LogP) is 3.82. The molecule has 1 aromatic heterocycles. The summed E-state index contributed by atoms with van der Waals surface area (Å²) in [5.41, 5.74) is 1.23. The fourth-order valence-electron chi connectivity index (χ4n) is 2.61. The molecule has 0 N–H and O–H groups in total. The van der Waals surface area contributed by atoms with Crippen LogP contribution in [-0.4, -0.2) is 27.3 Å². The van der Waals surface area contributed by atoms with Crippen LogP contribution < -0.4 is 14.2 Å². The van der Waals surface area contributed by atoms with Crippen LogP contribution in [0.15, 0.2) is 46.9 Å². The minimum Gasteiger partial charge on any atom is -0.493 e. The normalized spacial score (nSPS) is 10.7. The molecule has 2 aromatic carbocycles. The highest BCUT2D eigenvalue weighted by Gasteiger charge is 2.24. The number of methoxy groups -OCH3 is 3. The molecule has 0 saturated heterocycles. The van der Waals surface area contributed by atoms with Gasteiger partial charge in [0.2, 0.25) is 11.5 Å². The summed E-state index contributed by atoms with van der Waals surface area (Å²) >= 11 is 0. The Hall–Kier alpha value is -2.99. The summed E-state index contributed by atoms with van der Waals surface area (Å²) in [5, 5.41) is 0.809. The van der Waals surface area contributed by atoms with Crippen molar-refractivity contribution >= 4 is 16.9 Å². The van der Waals surface area contributed by atoms with Crippen LogP contribution in [0, 0.1) is 0 Å². The fourth-order valence-corrected chi connectivity index (χ4v) is 2.61. The Labute approximate surface area is 144 Å². The van der Waals surface area contributed by atoms with E-state index in [0.29, 0.717) is 22.6 Å². The summed E-state index contributed by atoms with van der Waals surface area (Å²) in [7, 11) is 4.54. The number of carbonyl (C=O) groups is 1. The Balaban J connectivity index is 2.03. The van der Waals surface area contributed by atoms with E-state index in [1.807, 2.05) is 18.2 Å². The molecular weight excluding hydrogens is 324 g/mol. The molecule has 0 aliphatic rings. The molecule has 0 aliphatic carbocycles. The van der Waals surface area contributed by atoms with Gasteiger partial charge in [-0.05, 0) is 18.2 Å². The summed E-state index contributed by atoms with van der Waals surface area (Å²) in [5.74, 6) is 0.414. The van der Waals surface area contributed by atoms with Gasteiger partial charge in [-0.15, -0.1) is 0 Å². The maximum absolute atomic E-state index is 12.7. The van der Waals surface area contributed by atoms with Crippen molar-refractivity contribution in [1.82, 2.24) is 0 Å². The molecule has 0 amide bonds. The topological polar surface area (TPSA) is 67.1 Å². The van der Waals surface area contributed by atoms with Gasteiger partial charge in [0.1, 0.15) is 5.58 Å². The van der Waals surface area contributed by atoms with Crippen LogP contribution in [0.25, 0.3) is 11.0 Å². The van der Waals surface area contributed by atoms with Crippen molar-refractivity contribution in [3.05, 3.63) is 53.8 Å². The largest absolute Gasteiger partial charge is 0.493 e. The summed E-state index contributed by atoms with van der Waals surface area (Å²) in [6.45, 7) is 0.227. The van der Waals surface area contributed by atoms with Gasteiger partial charge in [0.05, 0.1) is 20.8 Å². The Morgan fingerprint density at radius 3 is 2.28 bits per heavy atom. The van der Waals surface area contributed by atoms with Crippen molar-refractivity contribution in [2.24, 2.45) is 0 Å². The lowest BCUT2D eigenvalue weighted by atomic mass is 10.1. The van der Waals surface area contributed by atoms with E-state index in [1.54, 1.807) is 31.4 Å². The molecule has 0 radical (unpaired) electrons. The third-order valence-electron chi connectivity index (χ3n) is 3.75. The van der Waals surface area contributed by atoms with Gasteiger partial charge in [-0.3, -0.25) is 0 Å². The van der Waals surface area contributed by atoms with Gasteiger partial charge < -0.3 is 23.4 Å². The zero-order valence-corrected chi connectivity index (χ0v) is 14.2. The van der Waals surface area contributed by atoms with Gasteiger partial charge in [-0.1, -0.05) is 24.3 Å². The highest BCUT2D eigenvalue weighted by Crippen LogP contribution is 2.38. The fraction of sp³-hybridized carbons (Fsp3) is 0.211. The third-order valence-corrected chi connectivity index (χ3v) is 3.75. The quantitative estimate of drug-likeness (QED) is 0.501. The first-order valence-electron chi connectivity index (χ1n) is 7.62. The molecule has 0 atom stereocenters. The molecule has 0 saturated carbocycles. The van der Waals surface area contributed by atoms with Gasteiger partial charge in [0.15, 0.2) is 11.5 Å². The number of rotatable bonds is 6. The number of hydrogen-bond donors (Lipinski definition) is 0. The number of furan rings is 1. The number of ether oxygens (including phenoxy) is 4. The second kappa shape index (κ2) is 7.27. The van der Waals surface area contributed by atoms with Crippen LogP contribution in [0.5, 0.6) is 17.2 Å². The maximum Gasteiger partial charge on any atom is 0.380 e. The number of fused-ring (bicyclic) bond motifs is 1. The number of esters is 1. The first-order valence-corrected chi connectivity index (χ1v) is 7.62. The first kappa shape index (κ1) is 16.9. The Kier molecular flexibility index (Phi) is 4.90. The van der Waals surface area contributed by atoms with Gasteiger partial charge in [0.25, 0.3) is 0 Å². The summed E-state index contributed by atoms with van der Waals surface area (Å²) in [6.07, 6.45) is 0. The van der Waals surface area contributed by atoms with E-state index in [1.165, 1.54) is 14.2 Å². The molecule has 130 valence electrons. The SMILES string of the molecule is COCc1c(C(=O)Oc2c(OC)cccc2OC)oc2ccccc12. The molecule has 25 heavy (non-hydrogen) atoms. The van der Waals surface area contributed by atoms with Crippen molar-refractivity contribution in [3.8, 4) is 17.2 Å². The van der Waals surface area contributed by atoms with Crippen molar-refractivity contribution < 1.29 is 28.2 Å². The van der Waals surface area contributed by atoms with Gasteiger partial charge in [0, 0.05) is 18.1 Å². The molecule has 0 unspecified atom stereocenters. The second-order valence-corrected chi connectivity index (χ2v) is 5.22. The van der Waals surface area contributed by atoms with Crippen molar-refractivity contribution in [3.63, 3.8) is 0 Å². The molecule has 1 heterocycles. The summed E-state index contributed by atoms with van der Waals surface area (Å²) < 4.78 is 26.9. The number of carbonyl (C=O) groups excluding carboxylic acids is 1. The van der Waals surface area contributed by atoms with Crippen LogP contribution in [0.2, 0.25) is 0 Å². The van der Waals surface area contributed by atoms with Crippen molar-refractivity contribution in [2.45, 2.75) is 6.61 Å². The molecule has 3 aromatic rings. The van der Waals surface area contributed by atoms with Crippen LogP contribution in [0.4, 0.5) is 0 Å². The zero-order chi connectivity index (χ0) is 17.8.